The highest BCUT2D eigenvalue weighted by atomic mass is 32.2. The molecule has 0 saturated heterocycles. The Morgan fingerprint density at radius 2 is 2.22 bits per heavy atom. The zero-order chi connectivity index (χ0) is 13.6. The number of sulfone groups is 1. The highest BCUT2D eigenvalue weighted by Crippen LogP contribution is 2.09. The van der Waals surface area contributed by atoms with Crippen molar-refractivity contribution in [2.75, 3.05) is 24.7 Å². The van der Waals surface area contributed by atoms with Gasteiger partial charge in [-0.1, -0.05) is 6.08 Å². The van der Waals surface area contributed by atoms with Gasteiger partial charge in [-0.3, -0.25) is 4.79 Å². The lowest BCUT2D eigenvalue weighted by atomic mass is 10.4. The van der Waals surface area contributed by atoms with Crippen molar-refractivity contribution in [3.8, 4) is 0 Å². The van der Waals surface area contributed by atoms with E-state index in [1.165, 1.54) is 18.3 Å². The SMILES string of the molecule is C=CCNCC(=O)Nc1ccc(S(C)(=O)=O)nc1. The van der Waals surface area contributed by atoms with E-state index in [9.17, 15) is 13.2 Å². The van der Waals surface area contributed by atoms with Crippen LogP contribution in [0.5, 0.6) is 0 Å². The Bertz CT molecular complexity index is 523. The second-order valence-corrected chi connectivity index (χ2v) is 5.59. The van der Waals surface area contributed by atoms with Gasteiger partial charge in [-0.05, 0) is 12.1 Å². The van der Waals surface area contributed by atoms with Crippen LogP contribution < -0.4 is 10.6 Å². The molecule has 0 aliphatic rings. The van der Waals surface area contributed by atoms with E-state index < -0.39 is 9.84 Å². The number of rotatable bonds is 6. The molecule has 0 saturated carbocycles. The highest BCUT2D eigenvalue weighted by molar-refractivity contribution is 7.90. The number of hydrogen-bond donors (Lipinski definition) is 2. The maximum Gasteiger partial charge on any atom is 0.238 e. The summed E-state index contributed by atoms with van der Waals surface area (Å²) in [5.41, 5.74) is 0.452. The van der Waals surface area contributed by atoms with Gasteiger partial charge in [0.25, 0.3) is 0 Å². The van der Waals surface area contributed by atoms with E-state index in [1.807, 2.05) is 0 Å². The van der Waals surface area contributed by atoms with Gasteiger partial charge in [-0.25, -0.2) is 13.4 Å². The predicted octanol–water partition coefficient (Wildman–Crippen LogP) is 0.199. The molecule has 0 fully saturated rings. The van der Waals surface area contributed by atoms with Gasteiger partial charge < -0.3 is 10.6 Å². The van der Waals surface area contributed by atoms with Crippen molar-refractivity contribution in [3.63, 3.8) is 0 Å². The van der Waals surface area contributed by atoms with E-state index in [-0.39, 0.29) is 17.5 Å². The van der Waals surface area contributed by atoms with Gasteiger partial charge in [0.15, 0.2) is 14.9 Å². The monoisotopic (exact) mass is 269 g/mol. The topological polar surface area (TPSA) is 88.2 Å². The lowest BCUT2D eigenvalue weighted by Crippen LogP contribution is -2.28. The van der Waals surface area contributed by atoms with Crippen molar-refractivity contribution in [2.24, 2.45) is 0 Å². The van der Waals surface area contributed by atoms with Gasteiger partial charge in [0.2, 0.25) is 5.91 Å². The quantitative estimate of drug-likeness (QED) is 0.569. The number of hydrogen-bond acceptors (Lipinski definition) is 5. The maximum absolute atomic E-state index is 11.4. The average Bonchev–Trinajstić information content (AvgIpc) is 2.29. The number of carbonyl (C=O) groups excluding carboxylic acids is 1. The fraction of sp³-hybridized carbons (Fsp3) is 0.273. The lowest BCUT2D eigenvalue weighted by molar-refractivity contribution is -0.115. The Labute approximate surface area is 106 Å². The van der Waals surface area contributed by atoms with E-state index >= 15 is 0 Å². The van der Waals surface area contributed by atoms with E-state index in [1.54, 1.807) is 6.08 Å². The highest BCUT2D eigenvalue weighted by Gasteiger charge is 2.08. The molecule has 6 nitrogen and oxygen atoms in total. The molecule has 1 heterocycles. The van der Waals surface area contributed by atoms with E-state index in [4.69, 9.17) is 0 Å². The molecule has 0 bridgehead atoms. The molecule has 1 rings (SSSR count). The molecule has 0 unspecified atom stereocenters. The first kappa shape index (κ1) is 14.3. The summed E-state index contributed by atoms with van der Waals surface area (Å²) in [6, 6.07) is 2.84. The van der Waals surface area contributed by atoms with E-state index in [0.717, 1.165) is 6.26 Å². The van der Waals surface area contributed by atoms with Gasteiger partial charge in [-0.15, -0.1) is 6.58 Å². The summed E-state index contributed by atoms with van der Waals surface area (Å²) >= 11 is 0. The molecule has 2 N–H and O–H groups in total. The Balaban J connectivity index is 2.59. The predicted molar refractivity (Wildman–Crippen MR) is 69.0 cm³/mol. The van der Waals surface area contributed by atoms with Crippen molar-refractivity contribution in [3.05, 3.63) is 31.0 Å². The molecule has 0 spiro atoms. The standard InChI is InChI=1S/C11H15N3O3S/c1-3-6-12-8-10(15)14-9-4-5-11(13-7-9)18(2,16)17/h3-5,7,12H,1,6,8H2,2H3,(H,14,15). The summed E-state index contributed by atoms with van der Waals surface area (Å²) in [4.78, 5) is 15.2. The number of nitrogens with one attached hydrogen (secondary N) is 2. The third-order valence-corrected chi connectivity index (χ3v) is 2.98. The largest absolute Gasteiger partial charge is 0.324 e. The Morgan fingerprint density at radius 3 is 2.72 bits per heavy atom. The number of nitrogens with zero attached hydrogens (tertiary/aromatic N) is 1. The Morgan fingerprint density at radius 1 is 1.50 bits per heavy atom. The van der Waals surface area contributed by atoms with Crippen LogP contribution in [0.4, 0.5) is 5.69 Å². The smallest absolute Gasteiger partial charge is 0.238 e. The Kier molecular flexibility index (Phi) is 4.99. The third-order valence-electron chi connectivity index (χ3n) is 1.97. The zero-order valence-corrected chi connectivity index (χ0v) is 10.8. The number of pyridine rings is 1. The summed E-state index contributed by atoms with van der Waals surface area (Å²) in [5, 5.41) is 5.41. The fourth-order valence-electron chi connectivity index (χ4n) is 1.17. The minimum Gasteiger partial charge on any atom is -0.324 e. The molecule has 1 aromatic heterocycles. The summed E-state index contributed by atoms with van der Waals surface area (Å²) in [6.07, 6.45) is 4.03. The Hall–Kier alpha value is -1.73. The molecular weight excluding hydrogens is 254 g/mol. The van der Waals surface area contributed by atoms with E-state index in [0.29, 0.717) is 12.2 Å². The first-order chi connectivity index (χ1) is 8.43. The second kappa shape index (κ2) is 6.27. The van der Waals surface area contributed by atoms with Gasteiger partial charge in [0.1, 0.15) is 0 Å². The second-order valence-electron chi connectivity index (χ2n) is 3.63. The minimum absolute atomic E-state index is 0.0229. The number of aromatic nitrogens is 1. The van der Waals surface area contributed by atoms with Crippen LogP contribution in [0.25, 0.3) is 0 Å². The van der Waals surface area contributed by atoms with Crippen LogP contribution in [-0.2, 0) is 14.6 Å². The van der Waals surface area contributed by atoms with Gasteiger partial charge in [0, 0.05) is 12.8 Å². The van der Waals surface area contributed by atoms with Crippen LogP contribution in [0.15, 0.2) is 36.0 Å². The molecule has 0 atom stereocenters. The van der Waals surface area contributed by atoms with Crippen LogP contribution in [0, 0.1) is 0 Å². The summed E-state index contributed by atoms with van der Waals surface area (Å²) in [5.74, 6) is -0.231. The van der Waals surface area contributed by atoms with Crippen LogP contribution in [-0.4, -0.2) is 38.7 Å². The van der Waals surface area contributed by atoms with Crippen molar-refractivity contribution >= 4 is 21.4 Å². The van der Waals surface area contributed by atoms with Crippen LogP contribution in [0.3, 0.4) is 0 Å². The van der Waals surface area contributed by atoms with Crippen LogP contribution in [0.1, 0.15) is 0 Å². The van der Waals surface area contributed by atoms with Gasteiger partial charge >= 0.3 is 0 Å². The van der Waals surface area contributed by atoms with Crippen molar-refractivity contribution < 1.29 is 13.2 Å². The summed E-state index contributed by atoms with van der Waals surface area (Å²) < 4.78 is 22.3. The molecule has 0 aromatic carbocycles. The molecule has 0 radical (unpaired) electrons. The molecule has 7 heteroatoms. The van der Waals surface area contributed by atoms with Crippen molar-refractivity contribution in [1.82, 2.24) is 10.3 Å². The molecular formula is C11H15N3O3S. The van der Waals surface area contributed by atoms with Crippen molar-refractivity contribution in [1.29, 1.82) is 0 Å². The third kappa shape index (κ3) is 4.64. The van der Waals surface area contributed by atoms with Crippen molar-refractivity contribution in [2.45, 2.75) is 5.03 Å². The fourth-order valence-corrected chi connectivity index (χ4v) is 1.73. The molecule has 0 aliphatic carbocycles. The van der Waals surface area contributed by atoms with E-state index in [2.05, 4.69) is 22.2 Å². The summed E-state index contributed by atoms with van der Waals surface area (Å²) in [7, 11) is -3.31. The molecule has 0 aliphatic heterocycles. The maximum atomic E-state index is 11.4. The first-order valence-electron chi connectivity index (χ1n) is 5.21. The van der Waals surface area contributed by atoms with Crippen LogP contribution in [0.2, 0.25) is 0 Å². The zero-order valence-electron chi connectivity index (χ0n) is 10.0. The lowest BCUT2D eigenvalue weighted by Gasteiger charge is -2.05. The normalized spacial score (nSPS) is 10.9. The minimum atomic E-state index is -3.31. The van der Waals surface area contributed by atoms with Gasteiger partial charge in [0.05, 0.1) is 18.4 Å². The first-order valence-corrected chi connectivity index (χ1v) is 7.10. The molecule has 1 amide bonds. The van der Waals surface area contributed by atoms with Gasteiger partial charge in [-0.2, -0.15) is 0 Å². The molecule has 18 heavy (non-hydrogen) atoms. The average molecular weight is 269 g/mol. The number of anilines is 1. The molecule has 98 valence electrons. The summed E-state index contributed by atoms with van der Waals surface area (Å²) in [6.45, 7) is 4.21. The number of carbonyl (C=O) groups is 1. The molecule has 1 aromatic rings. The number of amides is 1. The van der Waals surface area contributed by atoms with Crippen LogP contribution >= 0.6 is 0 Å².